The van der Waals surface area contributed by atoms with E-state index in [1.54, 1.807) is 0 Å². The molecule has 0 bridgehead atoms. The summed E-state index contributed by atoms with van der Waals surface area (Å²) < 4.78 is 169. The van der Waals surface area contributed by atoms with Crippen molar-refractivity contribution in [1.29, 1.82) is 0 Å². The molecule has 1 fully saturated rings. The number of nitrogens with zero attached hydrogens (tertiary/aromatic N) is 1. The van der Waals surface area contributed by atoms with Gasteiger partial charge in [-0.25, -0.2) is 0 Å². The van der Waals surface area contributed by atoms with Gasteiger partial charge in [0, 0.05) is 0 Å². The highest BCUT2D eigenvalue weighted by atomic mass is 19.4. The van der Waals surface area contributed by atoms with Crippen LogP contribution in [0.25, 0.3) is 0 Å². The molecular weight excluding hydrogens is 380 g/mol. The second-order valence-corrected chi connectivity index (χ2v) is 3.96. The van der Waals surface area contributed by atoms with Gasteiger partial charge in [0.2, 0.25) is 0 Å². The first-order valence-electron chi connectivity index (χ1n) is 4.73. The van der Waals surface area contributed by atoms with Crippen LogP contribution in [0.5, 0.6) is 0 Å². The van der Waals surface area contributed by atoms with Crippen LogP contribution in [0.1, 0.15) is 0 Å². The molecule has 0 aromatic carbocycles. The van der Waals surface area contributed by atoms with Crippen molar-refractivity contribution in [3.8, 4) is 0 Å². The minimum absolute atomic E-state index is 2.35. The Hall–Kier alpha value is -1.51. The highest BCUT2D eigenvalue weighted by Gasteiger charge is 2.97. The third-order valence-electron chi connectivity index (χ3n) is 2.37. The van der Waals surface area contributed by atoms with E-state index in [4.69, 9.17) is 0 Å². The average molecular weight is 380 g/mol. The van der Waals surface area contributed by atoms with Crippen molar-refractivity contribution in [3.05, 3.63) is 0 Å². The Morgan fingerprint density at radius 2 is 1.13 bits per heavy atom. The van der Waals surface area contributed by atoms with Crippen LogP contribution in [0, 0.1) is 0 Å². The SMILES string of the molecule is F/C(=[N+]1/OC1(F)C(F)(F)C(F)(F)F)C(F)(F)C(F)(F)C(F)(F)F. The van der Waals surface area contributed by atoms with Crippen LogP contribution in [-0.2, 0) is 4.84 Å². The number of alkyl halides is 13. The van der Waals surface area contributed by atoms with Gasteiger partial charge in [0.15, 0.2) is 0 Å². The largest absolute Gasteiger partial charge is 0.637 e. The zero-order chi connectivity index (χ0) is 18.9. The van der Waals surface area contributed by atoms with Gasteiger partial charge in [0.05, 0.1) is 0 Å². The molecule has 16 heteroatoms. The lowest BCUT2D eigenvalue weighted by Crippen LogP contribution is -2.57. The number of hydrogen-bond acceptors (Lipinski definition) is 1. The summed E-state index contributed by atoms with van der Waals surface area (Å²) >= 11 is 0. The monoisotopic (exact) mass is 380 g/mol. The highest BCUT2D eigenvalue weighted by Crippen LogP contribution is 2.55. The van der Waals surface area contributed by atoms with Gasteiger partial charge in [-0.3, -0.25) is 0 Å². The van der Waals surface area contributed by atoms with E-state index in [-0.39, 0.29) is 0 Å². The van der Waals surface area contributed by atoms with E-state index in [9.17, 15) is 61.5 Å². The Labute approximate surface area is 114 Å². The molecule has 136 valence electrons. The summed E-state index contributed by atoms with van der Waals surface area (Å²) in [5.74, 6) is -31.1. The summed E-state index contributed by atoms with van der Waals surface area (Å²) in [7, 11) is 0. The first-order valence-corrected chi connectivity index (χ1v) is 4.73. The average Bonchev–Trinajstić information content (AvgIpc) is 2.99. The Bertz CT molecular complexity index is 528. The van der Waals surface area contributed by atoms with E-state index < -0.39 is 46.8 Å². The molecule has 0 amide bonds. The fraction of sp³-hybridized carbons (Fsp3) is 0.857. The van der Waals surface area contributed by atoms with Crippen molar-refractivity contribution in [1.82, 2.24) is 0 Å². The fourth-order valence-corrected chi connectivity index (χ4v) is 1.06. The molecule has 23 heavy (non-hydrogen) atoms. The Morgan fingerprint density at radius 3 is 1.43 bits per heavy atom. The minimum atomic E-state index is -7.26. The molecular formula is C7F14NO+. The predicted molar refractivity (Wildman–Crippen MR) is 38.3 cm³/mol. The van der Waals surface area contributed by atoms with Gasteiger partial charge in [0.1, 0.15) is 4.74 Å². The van der Waals surface area contributed by atoms with Crippen LogP contribution >= 0.6 is 0 Å². The van der Waals surface area contributed by atoms with Gasteiger partial charge in [-0.2, -0.15) is 52.7 Å². The van der Waals surface area contributed by atoms with Crippen LogP contribution in [0.4, 0.5) is 61.5 Å². The van der Waals surface area contributed by atoms with Gasteiger partial charge in [0.25, 0.3) is 0 Å². The van der Waals surface area contributed by atoms with Gasteiger partial charge in [-0.1, -0.05) is 0 Å². The van der Waals surface area contributed by atoms with Crippen LogP contribution in [-0.4, -0.2) is 46.8 Å². The molecule has 1 unspecified atom stereocenters. The Morgan fingerprint density at radius 1 is 0.739 bits per heavy atom. The van der Waals surface area contributed by atoms with Gasteiger partial charge < -0.3 is 0 Å². The maximum absolute atomic E-state index is 13.0. The van der Waals surface area contributed by atoms with Crippen LogP contribution in [0.3, 0.4) is 0 Å². The van der Waals surface area contributed by atoms with Crippen molar-refractivity contribution < 1.29 is 71.0 Å². The molecule has 1 aliphatic heterocycles. The lowest BCUT2D eigenvalue weighted by molar-refractivity contribution is -0.571. The Balaban J connectivity index is 3.36. The van der Waals surface area contributed by atoms with E-state index in [0.29, 0.717) is 0 Å². The molecule has 0 aromatic rings. The third kappa shape index (κ3) is 2.45. The summed E-state index contributed by atoms with van der Waals surface area (Å²) in [6.07, 6.45) is -14.0. The van der Waals surface area contributed by atoms with Crippen LogP contribution in [0.15, 0.2) is 0 Å². The van der Waals surface area contributed by atoms with E-state index in [0.717, 1.165) is 0 Å². The summed E-state index contributed by atoms with van der Waals surface area (Å²) in [5, 5.41) is 0. The molecule has 1 heterocycles. The number of hydrogen-bond donors (Lipinski definition) is 0. The second kappa shape index (κ2) is 4.52. The molecule has 2 nitrogen and oxygen atoms in total. The molecule has 0 radical (unpaired) electrons. The van der Waals surface area contributed by atoms with Crippen molar-refractivity contribution >= 4 is 5.97 Å². The lowest BCUT2D eigenvalue weighted by Gasteiger charge is -2.23. The molecule has 0 N–H and O–H groups in total. The van der Waals surface area contributed by atoms with E-state index in [2.05, 4.69) is 4.84 Å². The van der Waals surface area contributed by atoms with Crippen molar-refractivity contribution in [2.75, 3.05) is 0 Å². The highest BCUT2D eigenvalue weighted by molar-refractivity contribution is 5.79. The normalized spacial score (nSPS) is 26.0. The maximum atomic E-state index is 13.0. The van der Waals surface area contributed by atoms with Gasteiger partial charge in [-0.15, -0.1) is 13.6 Å². The van der Waals surface area contributed by atoms with E-state index in [1.165, 1.54) is 0 Å². The summed E-state index contributed by atoms with van der Waals surface area (Å²) in [5.41, 5.74) is 0. The predicted octanol–water partition coefficient (Wildman–Crippen LogP) is 3.97. The first-order chi connectivity index (χ1) is 9.75. The molecule has 0 aromatic heterocycles. The molecule has 0 saturated carbocycles. The van der Waals surface area contributed by atoms with Crippen molar-refractivity contribution in [2.45, 2.75) is 36.1 Å². The summed E-state index contributed by atoms with van der Waals surface area (Å²) in [6.45, 7) is 0. The minimum Gasteiger partial charge on any atom is -0.188 e. The molecule has 1 rings (SSSR count). The Kier molecular flexibility index (Phi) is 3.84. The van der Waals surface area contributed by atoms with Gasteiger partial charge in [-0.05, 0) is 0 Å². The number of halogens is 14. The number of rotatable bonds is 3. The summed E-state index contributed by atoms with van der Waals surface area (Å²) in [6, 6.07) is 0. The van der Waals surface area contributed by atoms with E-state index in [1.807, 2.05) is 0 Å². The van der Waals surface area contributed by atoms with Crippen molar-refractivity contribution in [2.24, 2.45) is 0 Å². The van der Waals surface area contributed by atoms with E-state index >= 15 is 0 Å². The van der Waals surface area contributed by atoms with Crippen LogP contribution < -0.4 is 0 Å². The standard InChI is InChI=1S/C7F14NO/c8-1(2(9,10)3(11,12)5(15,16)17)22-7(21,23-22)4(13,14)6(18,19)20/q+1/b22-1+. The maximum Gasteiger partial charge on any atom is 0.637 e. The molecule has 1 saturated heterocycles. The molecule has 0 aliphatic carbocycles. The zero-order valence-electron chi connectivity index (χ0n) is 9.65. The summed E-state index contributed by atoms with van der Waals surface area (Å²) in [4.78, 5) is 2.56. The third-order valence-corrected chi connectivity index (χ3v) is 2.37. The lowest BCUT2D eigenvalue weighted by atomic mass is 10.1. The first kappa shape index (κ1) is 19.5. The zero-order valence-corrected chi connectivity index (χ0v) is 9.65. The smallest absolute Gasteiger partial charge is 0.188 e. The number of hydroxylamine groups is 1. The van der Waals surface area contributed by atoms with Crippen LogP contribution in [0.2, 0.25) is 0 Å². The molecule has 1 aliphatic rings. The van der Waals surface area contributed by atoms with Crippen molar-refractivity contribution in [3.63, 3.8) is 0 Å². The fourth-order valence-electron chi connectivity index (χ4n) is 1.06. The molecule has 1 atom stereocenters. The quantitative estimate of drug-likeness (QED) is 0.313. The van der Waals surface area contributed by atoms with Gasteiger partial charge >= 0.3 is 42.1 Å². The molecule has 0 spiro atoms. The second-order valence-electron chi connectivity index (χ2n) is 3.96. The topological polar surface area (TPSA) is 15.5 Å².